The highest BCUT2D eigenvalue weighted by molar-refractivity contribution is 5.93. The Morgan fingerprint density at radius 3 is 2.73 bits per heavy atom. The smallest absolute Gasteiger partial charge is 0.156 e. The second kappa shape index (κ2) is 7.39. The van der Waals surface area contributed by atoms with Gasteiger partial charge in [-0.05, 0) is 54.3 Å². The van der Waals surface area contributed by atoms with Crippen molar-refractivity contribution in [2.45, 2.75) is 26.8 Å². The Balaban J connectivity index is 1.56. The quantitative estimate of drug-likeness (QED) is 0.358. The van der Waals surface area contributed by atoms with Gasteiger partial charge in [0.05, 0.1) is 12.0 Å². The van der Waals surface area contributed by atoms with Gasteiger partial charge in [0, 0.05) is 59.6 Å². The van der Waals surface area contributed by atoms with Crippen LogP contribution in [0.5, 0.6) is 0 Å². The van der Waals surface area contributed by atoms with Gasteiger partial charge in [-0.15, -0.1) is 0 Å². The summed E-state index contributed by atoms with van der Waals surface area (Å²) in [6.07, 6.45) is 6.10. The first-order valence-electron chi connectivity index (χ1n) is 10.2. The predicted octanol–water partition coefficient (Wildman–Crippen LogP) is 4.17. The van der Waals surface area contributed by atoms with Crippen molar-refractivity contribution in [3.63, 3.8) is 0 Å². The summed E-state index contributed by atoms with van der Waals surface area (Å²) in [6.45, 7) is 6.03. The van der Waals surface area contributed by atoms with Crippen molar-refractivity contribution in [3.05, 3.63) is 65.1 Å². The molecule has 0 bridgehead atoms. The molecule has 30 heavy (non-hydrogen) atoms. The fourth-order valence-corrected chi connectivity index (χ4v) is 4.22. The zero-order chi connectivity index (χ0) is 20.7. The van der Waals surface area contributed by atoms with Gasteiger partial charge in [0.1, 0.15) is 0 Å². The third kappa shape index (κ3) is 3.15. The van der Waals surface area contributed by atoms with Gasteiger partial charge in [-0.1, -0.05) is 12.1 Å². The molecule has 0 saturated carbocycles. The number of nitrogens with zero attached hydrogens (tertiary/aromatic N) is 3. The third-order valence-corrected chi connectivity index (χ3v) is 5.84. The number of hydrogen-bond acceptors (Lipinski definition) is 4. The number of nitrogens with two attached hydrogens (primary N) is 1. The molecule has 0 fully saturated rings. The van der Waals surface area contributed by atoms with Crippen LogP contribution in [0.1, 0.15) is 22.4 Å². The summed E-state index contributed by atoms with van der Waals surface area (Å²) >= 11 is 0. The summed E-state index contributed by atoms with van der Waals surface area (Å²) in [5.74, 6) is 0.645. The highest BCUT2D eigenvalue weighted by Crippen LogP contribution is 2.33. The van der Waals surface area contributed by atoms with E-state index in [0.717, 1.165) is 53.0 Å². The zero-order valence-corrected chi connectivity index (χ0v) is 17.2. The monoisotopic (exact) mass is 396 g/mol. The van der Waals surface area contributed by atoms with Crippen molar-refractivity contribution in [2.75, 3.05) is 6.54 Å². The van der Waals surface area contributed by atoms with E-state index in [1.807, 2.05) is 19.3 Å². The molecular formula is C24H24N6. The molecule has 1 aliphatic rings. The molecule has 1 aliphatic heterocycles. The zero-order valence-electron chi connectivity index (χ0n) is 17.2. The molecule has 0 atom stereocenters. The van der Waals surface area contributed by atoms with Crippen LogP contribution in [0.2, 0.25) is 0 Å². The second-order valence-electron chi connectivity index (χ2n) is 7.78. The molecule has 0 radical (unpaired) electrons. The van der Waals surface area contributed by atoms with E-state index in [0.29, 0.717) is 5.82 Å². The van der Waals surface area contributed by atoms with Crippen LogP contribution in [0.15, 0.2) is 47.7 Å². The predicted molar refractivity (Wildman–Crippen MR) is 122 cm³/mol. The average Bonchev–Trinajstić information content (AvgIpc) is 3.11. The first-order valence-corrected chi connectivity index (χ1v) is 10.2. The molecule has 0 aliphatic carbocycles. The maximum absolute atomic E-state index is 5.41. The van der Waals surface area contributed by atoms with Gasteiger partial charge in [-0.2, -0.15) is 0 Å². The van der Waals surface area contributed by atoms with E-state index >= 15 is 0 Å². The van der Waals surface area contributed by atoms with Crippen molar-refractivity contribution < 1.29 is 0 Å². The van der Waals surface area contributed by atoms with Gasteiger partial charge in [-0.25, -0.2) is 9.98 Å². The van der Waals surface area contributed by atoms with Crippen LogP contribution in [0, 0.1) is 13.8 Å². The summed E-state index contributed by atoms with van der Waals surface area (Å²) in [5.41, 5.74) is 15.7. The molecule has 6 heteroatoms. The van der Waals surface area contributed by atoms with Gasteiger partial charge in [0.25, 0.3) is 0 Å². The van der Waals surface area contributed by atoms with Gasteiger partial charge < -0.3 is 16.0 Å². The summed E-state index contributed by atoms with van der Waals surface area (Å²) < 4.78 is 0. The van der Waals surface area contributed by atoms with Gasteiger partial charge >= 0.3 is 0 Å². The van der Waals surface area contributed by atoms with Crippen LogP contribution in [-0.4, -0.2) is 27.8 Å². The molecule has 0 unspecified atom stereocenters. The number of pyridine rings is 2. The molecule has 0 amide bonds. The largest absolute Gasteiger partial charge is 0.390 e. The lowest BCUT2D eigenvalue weighted by atomic mass is 10.00. The Labute approximate surface area is 175 Å². The van der Waals surface area contributed by atoms with E-state index in [4.69, 9.17) is 10.7 Å². The fraction of sp³-hybridized carbons (Fsp3) is 0.208. The number of fused-ring (bicyclic) bond motifs is 2. The average molecular weight is 396 g/mol. The van der Waals surface area contributed by atoms with Crippen molar-refractivity contribution in [1.82, 2.24) is 20.3 Å². The summed E-state index contributed by atoms with van der Waals surface area (Å²) in [4.78, 5) is 16.8. The van der Waals surface area contributed by atoms with Crippen LogP contribution >= 0.6 is 0 Å². The molecule has 0 spiro atoms. The van der Waals surface area contributed by atoms with Crippen LogP contribution in [0.25, 0.3) is 33.3 Å². The van der Waals surface area contributed by atoms with Crippen LogP contribution in [0.3, 0.4) is 0 Å². The van der Waals surface area contributed by atoms with Crippen molar-refractivity contribution in [3.8, 4) is 22.4 Å². The maximum atomic E-state index is 5.41. The third-order valence-electron chi connectivity index (χ3n) is 5.84. The molecular weight excluding hydrogens is 372 g/mol. The minimum absolute atomic E-state index is 0.645. The Morgan fingerprint density at radius 1 is 1.03 bits per heavy atom. The normalized spacial score (nSPS) is 13.8. The van der Waals surface area contributed by atoms with Crippen molar-refractivity contribution in [1.29, 1.82) is 0 Å². The standard InChI is InChI=1S/C24H24N6/c1-14-7-19(12-28-24(14)29-13-25)23-15(2)20-4-3-16(9-22(20)30-23)17-8-18-10-26-6-5-21(18)27-11-17/h3-4,7-9,11-13,26,30H,5-6,10H2,1-2H3,(H2,25,28,29). The number of rotatable bonds is 3. The number of H-pyrrole nitrogens is 1. The summed E-state index contributed by atoms with van der Waals surface area (Å²) in [5, 5.41) is 4.64. The van der Waals surface area contributed by atoms with E-state index in [1.165, 1.54) is 28.5 Å². The Kier molecular flexibility index (Phi) is 4.56. The maximum Gasteiger partial charge on any atom is 0.156 e. The van der Waals surface area contributed by atoms with Crippen molar-refractivity contribution >= 4 is 23.1 Å². The molecule has 4 aromatic rings. The summed E-state index contributed by atoms with van der Waals surface area (Å²) in [6, 6.07) is 10.9. The SMILES string of the molecule is Cc1cc(-c2[nH]c3cc(-c4cnc5c(c4)CNCC5)ccc3c2C)cnc1N=CN. The lowest BCUT2D eigenvalue weighted by Crippen LogP contribution is -2.24. The topological polar surface area (TPSA) is 92.0 Å². The second-order valence-corrected chi connectivity index (χ2v) is 7.78. The highest BCUT2D eigenvalue weighted by atomic mass is 14.9. The molecule has 4 heterocycles. The number of aliphatic imine (C=N–C) groups is 1. The number of nitrogens with one attached hydrogen (secondary N) is 2. The lowest BCUT2D eigenvalue weighted by molar-refractivity contribution is 0.630. The van der Waals surface area contributed by atoms with Crippen LogP contribution < -0.4 is 11.1 Å². The van der Waals surface area contributed by atoms with Gasteiger partial charge in [0.15, 0.2) is 5.82 Å². The Bertz CT molecular complexity index is 1280. The van der Waals surface area contributed by atoms with E-state index in [2.05, 4.69) is 57.5 Å². The van der Waals surface area contributed by atoms with Crippen LogP contribution in [0.4, 0.5) is 5.82 Å². The highest BCUT2D eigenvalue weighted by Gasteiger charge is 2.14. The molecule has 1 aromatic carbocycles. The van der Waals surface area contributed by atoms with Gasteiger partial charge in [-0.3, -0.25) is 4.98 Å². The van der Waals surface area contributed by atoms with Gasteiger partial charge in [0.2, 0.25) is 0 Å². The number of benzene rings is 1. The fourth-order valence-electron chi connectivity index (χ4n) is 4.22. The van der Waals surface area contributed by atoms with E-state index < -0.39 is 0 Å². The lowest BCUT2D eigenvalue weighted by Gasteiger charge is -2.16. The van der Waals surface area contributed by atoms with Crippen LogP contribution in [-0.2, 0) is 13.0 Å². The number of aromatic amines is 1. The first kappa shape index (κ1) is 18.5. The molecule has 150 valence electrons. The first-order chi connectivity index (χ1) is 14.6. The Morgan fingerprint density at radius 2 is 1.90 bits per heavy atom. The Hall–Kier alpha value is -3.51. The number of hydrogen-bond donors (Lipinski definition) is 3. The number of aromatic nitrogens is 3. The van der Waals surface area contributed by atoms with E-state index in [1.54, 1.807) is 0 Å². The molecule has 5 rings (SSSR count). The number of aryl methyl sites for hydroxylation is 2. The minimum atomic E-state index is 0.645. The minimum Gasteiger partial charge on any atom is -0.390 e. The van der Waals surface area contributed by atoms with E-state index in [-0.39, 0.29) is 0 Å². The summed E-state index contributed by atoms with van der Waals surface area (Å²) in [7, 11) is 0. The van der Waals surface area contributed by atoms with Crippen molar-refractivity contribution in [2.24, 2.45) is 10.7 Å². The van der Waals surface area contributed by atoms with E-state index in [9.17, 15) is 0 Å². The molecule has 4 N–H and O–H groups in total. The molecule has 6 nitrogen and oxygen atoms in total. The molecule has 0 saturated heterocycles. The molecule has 3 aromatic heterocycles.